The van der Waals surface area contributed by atoms with E-state index in [9.17, 15) is 22.8 Å². The molecule has 0 aliphatic carbocycles. The van der Waals surface area contributed by atoms with Gasteiger partial charge in [0, 0.05) is 12.6 Å². The molecule has 0 unspecified atom stereocenters. The number of rotatable bonds is 8. The van der Waals surface area contributed by atoms with E-state index >= 15 is 0 Å². The summed E-state index contributed by atoms with van der Waals surface area (Å²) in [6.07, 6.45) is -0.0608. The third-order valence-corrected chi connectivity index (χ3v) is 6.43. The van der Waals surface area contributed by atoms with Gasteiger partial charge in [-0.15, -0.1) is 12.4 Å². The first-order valence-corrected chi connectivity index (χ1v) is 10.5. The Bertz CT molecular complexity index is 895. The molecule has 0 radical (unpaired) electrons. The van der Waals surface area contributed by atoms with Crippen LogP contribution in [0.5, 0.6) is 5.75 Å². The molecular weight excluding hydrogens is 454 g/mol. The summed E-state index contributed by atoms with van der Waals surface area (Å²) in [4.78, 5) is 35.5. The molecule has 3 atom stereocenters. The second kappa shape index (κ2) is 11.2. The second-order valence-electron chi connectivity index (χ2n) is 6.75. The van der Waals surface area contributed by atoms with Gasteiger partial charge >= 0.3 is 0 Å². The van der Waals surface area contributed by atoms with Gasteiger partial charge < -0.3 is 21.1 Å². The Morgan fingerprint density at radius 3 is 2.42 bits per heavy atom. The number of ether oxygens (including phenoxy) is 1. The molecule has 1 aromatic rings. The monoisotopic (exact) mass is 479 g/mol. The average Bonchev–Trinajstić information content (AvgIpc) is 3.15. The molecule has 14 heteroatoms. The predicted molar refractivity (Wildman–Crippen MR) is 111 cm³/mol. The van der Waals surface area contributed by atoms with Gasteiger partial charge in [-0.05, 0) is 37.6 Å². The lowest BCUT2D eigenvalue weighted by Gasteiger charge is -2.22. The normalized spacial score (nSPS) is 19.6. The molecule has 1 aromatic carbocycles. The summed E-state index contributed by atoms with van der Waals surface area (Å²) >= 11 is 0. The van der Waals surface area contributed by atoms with Crippen LogP contribution >= 0.6 is 12.4 Å². The summed E-state index contributed by atoms with van der Waals surface area (Å²) in [5.74, 6) is -1.55. The SMILES string of the molecule is COc1ccc(S(=O)(=O)N2C[C@@H](NC(=O)CNC(=O)[C@H](C)N)C[C@H]2C(=O)NO)cc1.Cl. The smallest absolute Gasteiger partial charge is 0.261 e. The zero-order valence-corrected chi connectivity index (χ0v) is 18.5. The van der Waals surface area contributed by atoms with Gasteiger partial charge in [-0.3, -0.25) is 19.6 Å². The Kier molecular flexibility index (Phi) is 9.65. The minimum Gasteiger partial charge on any atom is -0.497 e. The highest BCUT2D eigenvalue weighted by atomic mass is 35.5. The van der Waals surface area contributed by atoms with Crippen molar-refractivity contribution in [3.63, 3.8) is 0 Å². The zero-order valence-electron chi connectivity index (χ0n) is 16.9. The van der Waals surface area contributed by atoms with E-state index < -0.39 is 45.9 Å². The van der Waals surface area contributed by atoms with Crippen LogP contribution in [0.25, 0.3) is 0 Å². The maximum atomic E-state index is 13.0. The summed E-state index contributed by atoms with van der Waals surface area (Å²) in [5.41, 5.74) is 6.86. The number of benzene rings is 1. The summed E-state index contributed by atoms with van der Waals surface area (Å²) in [6, 6.07) is 2.86. The molecule has 3 amide bonds. The fraction of sp³-hybridized carbons (Fsp3) is 0.471. The molecule has 6 N–H and O–H groups in total. The number of carbonyl (C=O) groups is 3. The van der Waals surface area contributed by atoms with Crippen molar-refractivity contribution in [3.8, 4) is 5.75 Å². The van der Waals surface area contributed by atoms with Gasteiger partial charge in [-0.2, -0.15) is 4.31 Å². The van der Waals surface area contributed by atoms with Gasteiger partial charge in [0.15, 0.2) is 0 Å². The summed E-state index contributed by atoms with van der Waals surface area (Å²) in [5, 5.41) is 13.9. The molecule has 1 aliphatic rings. The Balaban J connectivity index is 0.00000480. The van der Waals surface area contributed by atoms with E-state index in [1.54, 1.807) is 0 Å². The van der Waals surface area contributed by atoms with E-state index in [1.165, 1.54) is 43.8 Å². The van der Waals surface area contributed by atoms with E-state index in [0.717, 1.165) is 4.31 Å². The van der Waals surface area contributed by atoms with Crippen LogP contribution in [0.15, 0.2) is 29.2 Å². The third kappa shape index (κ3) is 6.51. The number of nitrogens with one attached hydrogen (secondary N) is 3. The minimum atomic E-state index is -4.11. The molecule has 0 spiro atoms. The van der Waals surface area contributed by atoms with Crippen LogP contribution in [0.3, 0.4) is 0 Å². The zero-order chi connectivity index (χ0) is 22.5. The van der Waals surface area contributed by atoms with Crippen molar-refractivity contribution in [2.75, 3.05) is 20.2 Å². The van der Waals surface area contributed by atoms with Crippen molar-refractivity contribution in [1.29, 1.82) is 0 Å². The number of amides is 3. The summed E-state index contributed by atoms with van der Waals surface area (Å²) in [7, 11) is -2.67. The highest BCUT2D eigenvalue weighted by Crippen LogP contribution is 2.27. The van der Waals surface area contributed by atoms with E-state index in [0.29, 0.717) is 5.75 Å². The topological polar surface area (TPSA) is 180 Å². The van der Waals surface area contributed by atoms with Crippen LogP contribution < -0.4 is 26.6 Å². The van der Waals surface area contributed by atoms with E-state index in [1.807, 2.05) is 0 Å². The standard InChI is InChI=1S/C17H25N5O7S.ClH/c1-10(18)16(24)19-8-15(23)20-11-7-14(17(25)21-26)22(9-11)30(27,28)13-5-3-12(29-2)4-6-13;/h3-6,10-11,14,26H,7-9,18H2,1-2H3,(H,19,24)(H,20,23)(H,21,25);1H/t10-,11-,14-;/m0./s1. The van der Waals surface area contributed by atoms with Crippen LogP contribution in [0.4, 0.5) is 0 Å². The highest BCUT2D eigenvalue weighted by Gasteiger charge is 2.44. The molecule has 31 heavy (non-hydrogen) atoms. The van der Waals surface area contributed by atoms with E-state index in [2.05, 4.69) is 10.6 Å². The van der Waals surface area contributed by atoms with Gasteiger partial charge in [-0.25, -0.2) is 13.9 Å². The van der Waals surface area contributed by atoms with Crippen LogP contribution in [-0.4, -0.2) is 74.0 Å². The molecule has 174 valence electrons. The number of nitrogens with zero attached hydrogens (tertiary/aromatic N) is 1. The van der Waals surface area contributed by atoms with Gasteiger partial charge in [0.2, 0.25) is 21.8 Å². The molecule has 0 aromatic heterocycles. The number of hydrogen-bond donors (Lipinski definition) is 5. The first kappa shape index (κ1) is 26.6. The number of sulfonamides is 1. The van der Waals surface area contributed by atoms with E-state index in [-0.39, 0.29) is 36.8 Å². The van der Waals surface area contributed by atoms with Crippen LogP contribution in [0.1, 0.15) is 13.3 Å². The summed E-state index contributed by atoms with van der Waals surface area (Å²) in [6.45, 7) is 0.919. The second-order valence-corrected chi connectivity index (χ2v) is 8.64. The lowest BCUT2D eigenvalue weighted by atomic mass is 10.1. The Morgan fingerprint density at radius 1 is 1.29 bits per heavy atom. The molecule has 0 bridgehead atoms. The third-order valence-electron chi connectivity index (χ3n) is 4.54. The molecule has 1 heterocycles. The van der Waals surface area contributed by atoms with Gasteiger partial charge in [0.1, 0.15) is 11.8 Å². The predicted octanol–water partition coefficient (Wildman–Crippen LogP) is -1.67. The maximum Gasteiger partial charge on any atom is 0.261 e. The lowest BCUT2D eigenvalue weighted by molar-refractivity contribution is -0.132. The Labute approximate surface area is 185 Å². The van der Waals surface area contributed by atoms with Crippen molar-refractivity contribution in [1.82, 2.24) is 20.4 Å². The molecular formula is C17H26ClN5O7S. The molecule has 2 rings (SSSR count). The van der Waals surface area contributed by atoms with Crippen molar-refractivity contribution in [3.05, 3.63) is 24.3 Å². The number of carbonyl (C=O) groups excluding carboxylic acids is 3. The van der Waals surface area contributed by atoms with Gasteiger partial charge in [0.25, 0.3) is 5.91 Å². The van der Waals surface area contributed by atoms with Crippen molar-refractivity contribution >= 4 is 40.2 Å². The largest absolute Gasteiger partial charge is 0.497 e. The van der Waals surface area contributed by atoms with Crippen LogP contribution in [0, 0.1) is 0 Å². The summed E-state index contributed by atoms with van der Waals surface area (Å²) < 4.78 is 32.0. The van der Waals surface area contributed by atoms with Crippen molar-refractivity contribution in [2.45, 2.75) is 36.4 Å². The first-order valence-electron chi connectivity index (χ1n) is 9.02. The van der Waals surface area contributed by atoms with Crippen molar-refractivity contribution in [2.24, 2.45) is 5.73 Å². The molecule has 12 nitrogen and oxygen atoms in total. The van der Waals surface area contributed by atoms with Crippen LogP contribution in [0.2, 0.25) is 0 Å². The first-order chi connectivity index (χ1) is 14.1. The van der Waals surface area contributed by atoms with Crippen LogP contribution in [-0.2, 0) is 24.4 Å². The number of halogens is 1. The van der Waals surface area contributed by atoms with Gasteiger partial charge in [0.05, 0.1) is 24.6 Å². The minimum absolute atomic E-state index is 0. The number of hydrogen-bond acceptors (Lipinski definition) is 8. The molecule has 1 saturated heterocycles. The number of methoxy groups -OCH3 is 1. The van der Waals surface area contributed by atoms with E-state index in [4.69, 9.17) is 15.7 Å². The maximum absolute atomic E-state index is 13.0. The quantitative estimate of drug-likeness (QED) is 0.217. The molecule has 0 saturated carbocycles. The Morgan fingerprint density at radius 2 is 1.90 bits per heavy atom. The highest BCUT2D eigenvalue weighted by molar-refractivity contribution is 7.89. The molecule has 1 fully saturated rings. The fourth-order valence-corrected chi connectivity index (χ4v) is 4.62. The average molecular weight is 480 g/mol. The van der Waals surface area contributed by atoms with Crippen molar-refractivity contribution < 1.29 is 32.7 Å². The van der Waals surface area contributed by atoms with Gasteiger partial charge in [-0.1, -0.05) is 0 Å². The number of hydroxylamine groups is 1. The lowest BCUT2D eigenvalue weighted by Crippen LogP contribution is -2.46. The number of nitrogens with two attached hydrogens (primary N) is 1. The molecule has 1 aliphatic heterocycles. The fourth-order valence-electron chi connectivity index (χ4n) is 2.98. The Hall–Kier alpha value is -2.45.